The van der Waals surface area contributed by atoms with Crippen LogP contribution < -0.4 is 5.32 Å². The van der Waals surface area contributed by atoms with E-state index in [1.54, 1.807) is 30.3 Å². The van der Waals surface area contributed by atoms with Crippen molar-refractivity contribution in [2.24, 2.45) is 11.8 Å². The van der Waals surface area contributed by atoms with E-state index in [1.165, 1.54) is 4.31 Å². The zero-order chi connectivity index (χ0) is 20.9. The van der Waals surface area contributed by atoms with Gasteiger partial charge in [0.25, 0.3) is 5.91 Å². The van der Waals surface area contributed by atoms with Gasteiger partial charge in [0.15, 0.2) is 6.61 Å². The first-order valence-electron chi connectivity index (χ1n) is 10.4. The summed E-state index contributed by atoms with van der Waals surface area (Å²) in [6, 6.07) is 8.46. The third-order valence-corrected chi connectivity index (χ3v) is 7.81. The van der Waals surface area contributed by atoms with Crippen LogP contribution in [0.3, 0.4) is 0 Å². The predicted octanol–water partition coefficient (Wildman–Crippen LogP) is 2.33. The highest BCUT2D eigenvalue weighted by atomic mass is 32.2. The van der Waals surface area contributed by atoms with Crippen molar-refractivity contribution in [3.63, 3.8) is 0 Å². The van der Waals surface area contributed by atoms with Crippen molar-refractivity contribution in [2.45, 2.75) is 56.4 Å². The molecule has 1 aromatic rings. The topological polar surface area (TPSA) is 92.8 Å². The van der Waals surface area contributed by atoms with Gasteiger partial charge in [-0.15, -0.1) is 0 Å². The van der Waals surface area contributed by atoms with E-state index >= 15 is 0 Å². The highest BCUT2D eigenvalue weighted by Gasteiger charge is 2.33. The van der Waals surface area contributed by atoms with Crippen molar-refractivity contribution in [1.82, 2.24) is 9.62 Å². The second-order valence-electron chi connectivity index (χ2n) is 8.12. The fourth-order valence-corrected chi connectivity index (χ4v) is 5.49. The van der Waals surface area contributed by atoms with E-state index in [9.17, 15) is 18.0 Å². The number of carbonyl (C=O) groups is 2. The Bertz CT molecular complexity index is 796. The lowest BCUT2D eigenvalue weighted by atomic mass is 9.87. The zero-order valence-electron chi connectivity index (χ0n) is 16.9. The smallest absolute Gasteiger partial charge is 0.309 e. The largest absolute Gasteiger partial charge is 0.455 e. The van der Waals surface area contributed by atoms with Gasteiger partial charge in [0, 0.05) is 19.1 Å². The zero-order valence-corrected chi connectivity index (χ0v) is 17.7. The molecule has 1 saturated carbocycles. The molecule has 8 heteroatoms. The second-order valence-corrected chi connectivity index (χ2v) is 10.1. The quantitative estimate of drug-likeness (QED) is 0.710. The van der Waals surface area contributed by atoms with Crippen LogP contribution >= 0.6 is 0 Å². The fourth-order valence-electron chi connectivity index (χ4n) is 4.00. The van der Waals surface area contributed by atoms with Gasteiger partial charge in [-0.05, 0) is 56.6 Å². The second kappa shape index (κ2) is 9.71. The summed E-state index contributed by atoms with van der Waals surface area (Å²) in [5, 5.41) is 2.94. The monoisotopic (exact) mass is 422 g/mol. The number of ether oxygens (including phenoxy) is 1. The molecule has 29 heavy (non-hydrogen) atoms. The van der Waals surface area contributed by atoms with Crippen molar-refractivity contribution < 1.29 is 22.7 Å². The van der Waals surface area contributed by atoms with Gasteiger partial charge in [0.05, 0.1) is 10.8 Å². The van der Waals surface area contributed by atoms with Gasteiger partial charge in [0.1, 0.15) is 0 Å². The Balaban J connectivity index is 1.41. The standard InChI is InChI=1S/C21H30N2O5S/c1-16-7-9-18(10-8-16)22-20(24)15-28-21(25)17-11-13-23(14-12-17)29(26,27)19-5-3-2-4-6-19/h2-6,16-18H,7-15H2,1H3,(H,22,24). The van der Waals surface area contributed by atoms with E-state index in [0.29, 0.717) is 18.8 Å². The average molecular weight is 423 g/mol. The fraction of sp³-hybridized carbons (Fsp3) is 0.619. The molecule has 0 atom stereocenters. The molecule has 1 N–H and O–H groups in total. The molecule has 1 amide bonds. The number of hydrogen-bond donors (Lipinski definition) is 1. The van der Waals surface area contributed by atoms with Crippen LogP contribution in [0.2, 0.25) is 0 Å². The molecule has 160 valence electrons. The van der Waals surface area contributed by atoms with Crippen molar-refractivity contribution >= 4 is 21.9 Å². The van der Waals surface area contributed by atoms with Crippen LogP contribution in [0.1, 0.15) is 45.4 Å². The van der Waals surface area contributed by atoms with Gasteiger partial charge in [0.2, 0.25) is 10.0 Å². The minimum absolute atomic E-state index is 0.170. The number of rotatable bonds is 6. The molecule has 3 rings (SSSR count). The highest BCUT2D eigenvalue weighted by Crippen LogP contribution is 2.25. The molecule has 1 aromatic carbocycles. The summed E-state index contributed by atoms with van der Waals surface area (Å²) < 4.78 is 31.9. The van der Waals surface area contributed by atoms with Gasteiger partial charge in [-0.2, -0.15) is 4.31 Å². The summed E-state index contributed by atoms with van der Waals surface area (Å²) >= 11 is 0. The van der Waals surface area contributed by atoms with Crippen molar-refractivity contribution in [3.8, 4) is 0 Å². The van der Waals surface area contributed by atoms with Gasteiger partial charge in [-0.1, -0.05) is 25.1 Å². The first-order valence-corrected chi connectivity index (χ1v) is 11.8. The lowest BCUT2D eigenvalue weighted by Crippen LogP contribution is -2.42. The van der Waals surface area contributed by atoms with E-state index in [1.807, 2.05) is 0 Å². The molecule has 1 saturated heterocycles. The van der Waals surface area contributed by atoms with Crippen LogP contribution in [0.25, 0.3) is 0 Å². The molecule has 2 aliphatic rings. The molecule has 0 spiro atoms. The minimum Gasteiger partial charge on any atom is -0.455 e. The normalized spacial score (nSPS) is 24.0. The molecule has 1 aliphatic carbocycles. The first-order chi connectivity index (χ1) is 13.9. The Morgan fingerprint density at radius 1 is 1.03 bits per heavy atom. The number of nitrogens with one attached hydrogen (secondary N) is 1. The Morgan fingerprint density at radius 2 is 1.66 bits per heavy atom. The van der Waals surface area contributed by atoms with Crippen LogP contribution in [-0.4, -0.2) is 50.3 Å². The Labute approximate surface area is 172 Å². The van der Waals surface area contributed by atoms with Crippen molar-refractivity contribution in [2.75, 3.05) is 19.7 Å². The lowest BCUT2D eigenvalue weighted by molar-refractivity contribution is -0.153. The summed E-state index contributed by atoms with van der Waals surface area (Å²) in [6.45, 7) is 2.48. The lowest BCUT2D eigenvalue weighted by Gasteiger charge is -2.30. The number of hydrogen-bond acceptors (Lipinski definition) is 5. The number of benzene rings is 1. The maximum absolute atomic E-state index is 12.6. The average Bonchev–Trinajstić information content (AvgIpc) is 2.74. The van der Waals surface area contributed by atoms with E-state index in [4.69, 9.17) is 4.74 Å². The molecule has 1 aliphatic heterocycles. The number of amides is 1. The van der Waals surface area contributed by atoms with Crippen LogP contribution in [0.15, 0.2) is 35.2 Å². The van der Waals surface area contributed by atoms with Crippen molar-refractivity contribution in [1.29, 1.82) is 0 Å². The summed E-state index contributed by atoms with van der Waals surface area (Å²) in [4.78, 5) is 24.6. The van der Waals surface area contributed by atoms with E-state index in [2.05, 4.69) is 12.2 Å². The number of nitrogens with zero attached hydrogens (tertiary/aromatic N) is 1. The molecule has 0 radical (unpaired) electrons. The number of esters is 1. The number of carbonyl (C=O) groups excluding carboxylic acids is 2. The summed E-state index contributed by atoms with van der Waals surface area (Å²) in [6.07, 6.45) is 4.94. The molecule has 0 unspecified atom stereocenters. The van der Waals surface area contributed by atoms with Crippen LogP contribution in [0.4, 0.5) is 0 Å². The number of sulfonamides is 1. The van der Waals surface area contributed by atoms with Gasteiger partial charge in [-0.3, -0.25) is 9.59 Å². The van der Waals surface area contributed by atoms with E-state index in [-0.39, 0.29) is 42.5 Å². The van der Waals surface area contributed by atoms with Crippen LogP contribution in [0.5, 0.6) is 0 Å². The molecule has 7 nitrogen and oxygen atoms in total. The third kappa shape index (κ3) is 5.79. The SMILES string of the molecule is CC1CCC(NC(=O)COC(=O)C2CCN(S(=O)(=O)c3ccccc3)CC2)CC1. The Hall–Kier alpha value is -1.93. The summed E-state index contributed by atoms with van der Waals surface area (Å²) in [5.41, 5.74) is 0. The molecule has 1 heterocycles. The number of piperidine rings is 1. The molecule has 2 fully saturated rings. The first kappa shape index (κ1) is 21.8. The molecule has 0 bridgehead atoms. The minimum atomic E-state index is -3.54. The third-order valence-electron chi connectivity index (χ3n) is 5.89. The Morgan fingerprint density at radius 3 is 2.28 bits per heavy atom. The Kier molecular flexibility index (Phi) is 7.29. The van der Waals surface area contributed by atoms with Crippen LogP contribution in [-0.2, 0) is 24.3 Å². The summed E-state index contributed by atoms with van der Waals surface area (Å²) in [5.74, 6) is -0.353. The maximum atomic E-state index is 12.6. The van der Waals surface area contributed by atoms with E-state index in [0.717, 1.165) is 25.7 Å². The van der Waals surface area contributed by atoms with Gasteiger partial charge < -0.3 is 10.1 Å². The highest BCUT2D eigenvalue weighted by molar-refractivity contribution is 7.89. The molecular formula is C21H30N2O5S. The van der Waals surface area contributed by atoms with Gasteiger partial charge in [-0.25, -0.2) is 8.42 Å². The maximum Gasteiger partial charge on any atom is 0.309 e. The van der Waals surface area contributed by atoms with E-state index < -0.39 is 16.0 Å². The van der Waals surface area contributed by atoms with Crippen molar-refractivity contribution in [3.05, 3.63) is 30.3 Å². The molecule has 0 aromatic heterocycles. The predicted molar refractivity (Wildman–Crippen MR) is 108 cm³/mol. The van der Waals surface area contributed by atoms with Crippen LogP contribution in [0, 0.1) is 11.8 Å². The molecular weight excluding hydrogens is 392 g/mol. The van der Waals surface area contributed by atoms with Gasteiger partial charge >= 0.3 is 5.97 Å². The summed E-state index contributed by atoms with van der Waals surface area (Å²) in [7, 11) is -3.54.